The van der Waals surface area contributed by atoms with E-state index in [9.17, 15) is 9.59 Å². The third kappa shape index (κ3) is 4.32. The molecule has 3 aromatic rings. The lowest BCUT2D eigenvalue weighted by molar-refractivity contribution is -0.127. The predicted molar refractivity (Wildman–Crippen MR) is 112 cm³/mol. The van der Waals surface area contributed by atoms with Crippen LogP contribution < -0.4 is 10.6 Å². The highest BCUT2D eigenvalue weighted by Crippen LogP contribution is 2.19. The largest absolute Gasteiger partial charge is 0.353 e. The Bertz CT molecular complexity index is 1030. The smallest absolute Gasteiger partial charge is 0.322 e. The third-order valence-corrected chi connectivity index (χ3v) is 5.05. The number of rotatable bonds is 5. The number of carbonyl (C=O) groups excluding carboxylic acids is 2. The van der Waals surface area contributed by atoms with Crippen molar-refractivity contribution in [1.29, 1.82) is 0 Å². The number of urea groups is 1. The van der Waals surface area contributed by atoms with Gasteiger partial charge in [0.25, 0.3) is 0 Å². The summed E-state index contributed by atoms with van der Waals surface area (Å²) in [5.74, 6) is 0.522. The van der Waals surface area contributed by atoms with E-state index in [0.717, 1.165) is 17.5 Å². The molecule has 1 unspecified atom stereocenters. The molecule has 0 bridgehead atoms. The molecule has 0 spiro atoms. The molecular weight excluding hydrogens is 382 g/mol. The fraction of sp³-hybridized carbons (Fsp3) is 0.273. The molecule has 3 amide bonds. The van der Waals surface area contributed by atoms with Gasteiger partial charge in [0, 0.05) is 24.3 Å². The molecule has 1 aromatic heterocycles. The van der Waals surface area contributed by atoms with Crippen LogP contribution in [0, 0.1) is 0 Å². The number of aromatic nitrogens is 2. The maximum Gasteiger partial charge on any atom is 0.322 e. The number of benzene rings is 2. The Morgan fingerprint density at radius 1 is 1.23 bits per heavy atom. The highest BCUT2D eigenvalue weighted by Gasteiger charge is 2.34. The average molecular weight is 405 g/mol. The van der Waals surface area contributed by atoms with Gasteiger partial charge in [-0.25, -0.2) is 4.79 Å². The van der Waals surface area contributed by atoms with Crippen LogP contribution in [0.25, 0.3) is 11.4 Å². The molecule has 0 saturated carbocycles. The average Bonchev–Trinajstić information content (AvgIpc) is 3.24. The molecule has 154 valence electrons. The molecule has 8 nitrogen and oxygen atoms in total. The van der Waals surface area contributed by atoms with E-state index in [1.165, 1.54) is 4.90 Å². The van der Waals surface area contributed by atoms with Crippen LogP contribution in [0.3, 0.4) is 0 Å². The van der Waals surface area contributed by atoms with E-state index >= 15 is 0 Å². The topological polar surface area (TPSA) is 100 Å². The Labute approximate surface area is 174 Å². The van der Waals surface area contributed by atoms with Crippen LogP contribution >= 0.6 is 0 Å². The van der Waals surface area contributed by atoms with Crippen LogP contribution in [0.1, 0.15) is 18.4 Å². The minimum atomic E-state index is -0.725. The van der Waals surface area contributed by atoms with Crippen molar-refractivity contribution in [2.75, 3.05) is 18.4 Å². The highest BCUT2D eigenvalue weighted by atomic mass is 16.5. The lowest BCUT2D eigenvalue weighted by atomic mass is 10.1. The zero-order valence-corrected chi connectivity index (χ0v) is 16.7. The number of nitrogens with one attached hydrogen (secondary N) is 2. The minimum Gasteiger partial charge on any atom is -0.353 e. The number of piperazine rings is 1. The summed E-state index contributed by atoms with van der Waals surface area (Å²) < 4.78 is 5.35. The molecule has 1 atom stereocenters. The zero-order valence-electron chi connectivity index (χ0n) is 16.7. The molecule has 2 heterocycles. The van der Waals surface area contributed by atoms with E-state index < -0.39 is 6.04 Å². The van der Waals surface area contributed by atoms with Crippen molar-refractivity contribution in [1.82, 2.24) is 20.4 Å². The van der Waals surface area contributed by atoms with E-state index in [1.807, 2.05) is 54.6 Å². The van der Waals surface area contributed by atoms with Crippen molar-refractivity contribution in [2.45, 2.75) is 25.8 Å². The van der Waals surface area contributed by atoms with Gasteiger partial charge in [-0.1, -0.05) is 54.5 Å². The van der Waals surface area contributed by atoms with Crippen molar-refractivity contribution in [3.05, 3.63) is 66.1 Å². The maximum absolute atomic E-state index is 12.9. The summed E-state index contributed by atoms with van der Waals surface area (Å²) in [6, 6.07) is 16.1. The second kappa shape index (κ2) is 8.77. The van der Waals surface area contributed by atoms with E-state index in [1.54, 1.807) is 0 Å². The first-order valence-electron chi connectivity index (χ1n) is 9.96. The number of carbonyl (C=O) groups is 2. The van der Waals surface area contributed by atoms with Crippen LogP contribution in [0.15, 0.2) is 59.1 Å². The lowest BCUT2D eigenvalue weighted by Gasteiger charge is -2.34. The summed E-state index contributed by atoms with van der Waals surface area (Å²) in [7, 11) is 0. The second-order valence-electron chi connectivity index (χ2n) is 7.07. The molecule has 4 rings (SSSR count). The van der Waals surface area contributed by atoms with Gasteiger partial charge < -0.3 is 20.1 Å². The number of amides is 3. The molecule has 30 heavy (non-hydrogen) atoms. The van der Waals surface area contributed by atoms with Gasteiger partial charge in [0.05, 0.1) is 6.42 Å². The standard InChI is InChI=1S/C22H23N5O3/c1-2-15-7-6-10-17(13-15)24-22(29)27-12-11-23-21(28)18(27)14-19-25-20(26-30-19)16-8-4-3-5-9-16/h3-10,13,18H,2,11-12,14H2,1H3,(H,23,28)(H,24,29). The van der Waals surface area contributed by atoms with Gasteiger partial charge in [0.1, 0.15) is 6.04 Å². The van der Waals surface area contributed by atoms with Gasteiger partial charge in [-0.15, -0.1) is 0 Å². The molecule has 1 aliphatic heterocycles. The first-order chi connectivity index (χ1) is 14.6. The van der Waals surface area contributed by atoms with Gasteiger partial charge in [-0.3, -0.25) is 4.79 Å². The Morgan fingerprint density at radius 3 is 2.87 bits per heavy atom. The van der Waals surface area contributed by atoms with Crippen LogP contribution in [0.5, 0.6) is 0 Å². The summed E-state index contributed by atoms with van der Waals surface area (Å²) in [6.07, 6.45) is 1.02. The molecule has 8 heteroatoms. The Hall–Kier alpha value is -3.68. The monoisotopic (exact) mass is 405 g/mol. The maximum atomic E-state index is 12.9. The Kier molecular flexibility index (Phi) is 5.74. The summed E-state index contributed by atoms with van der Waals surface area (Å²) >= 11 is 0. The van der Waals surface area contributed by atoms with Gasteiger partial charge in [0.2, 0.25) is 17.6 Å². The summed E-state index contributed by atoms with van der Waals surface area (Å²) in [6.45, 7) is 2.85. The molecular formula is C22H23N5O3. The van der Waals surface area contributed by atoms with Crippen LogP contribution in [-0.4, -0.2) is 46.1 Å². The Balaban J connectivity index is 1.49. The molecule has 1 aliphatic rings. The van der Waals surface area contributed by atoms with Gasteiger partial charge >= 0.3 is 6.03 Å². The predicted octanol–water partition coefficient (Wildman–Crippen LogP) is 2.87. The molecule has 2 N–H and O–H groups in total. The Morgan fingerprint density at radius 2 is 2.07 bits per heavy atom. The lowest BCUT2D eigenvalue weighted by Crippen LogP contribution is -2.59. The van der Waals surface area contributed by atoms with E-state index in [4.69, 9.17) is 4.52 Å². The molecule has 1 saturated heterocycles. The quantitative estimate of drug-likeness (QED) is 0.680. The molecule has 0 radical (unpaired) electrons. The van der Waals surface area contributed by atoms with Crippen molar-refractivity contribution >= 4 is 17.6 Å². The molecule has 1 fully saturated rings. The normalized spacial score (nSPS) is 16.2. The van der Waals surface area contributed by atoms with E-state index in [-0.39, 0.29) is 18.4 Å². The third-order valence-electron chi connectivity index (χ3n) is 5.05. The summed E-state index contributed by atoms with van der Waals surface area (Å²) in [5, 5.41) is 9.70. The summed E-state index contributed by atoms with van der Waals surface area (Å²) in [4.78, 5) is 31.3. The van der Waals surface area contributed by atoms with Crippen molar-refractivity contribution in [3.8, 4) is 11.4 Å². The van der Waals surface area contributed by atoms with Crippen LogP contribution in [-0.2, 0) is 17.6 Å². The van der Waals surface area contributed by atoms with Crippen molar-refractivity contribution in [3.63, 3.8) is 0 Å². The summed E-state index contributed by atoms with van der Waals surface area (Å²) in [5.41, 5.74) is 2.65. The van der Waals surface area contributed by atoms with Crippen LogP contribution in [0.2, 0.25) is 0 Å². The number of hydrogen-bond donors (Lipinski definition) is 2. The first kappa shape index (κ1) is 19.6. The van der Waals surface area contributed by atoms with Crippen molar-refractivity contribution in [2.24, 2.45) is 0 Å². The van der Waals surface area contributed by atoms with Gasteiger partial charge in [-0.2, -0.15) is 4.98 Å². The SMILES string of the molecule is CCc1cccc(NC(=O)N2CCNC(=O)C2Cc2nc(-c3ccccc3)no2)c1. The second-order valence-corrected chi connectivity index (χ2v) is 7.07. The van der Waals surface area contributed by atoms with E-state index in [0.29, 0.717) is 30.5 Å². The molecule has 0 aliphatic carbocycles. The van der Waals surface area contributed by atoms with Gasteiger partial charge in [0.15, 0.2) is 0 Å². The zero-order chi connectivity index (χ0) is 20.9. The van der Waals surface area contributed by atoms with Crippen molar-refractivity contribution < 1.29 is 14.1 Å². The number of nitrogens with zero attached hydrogens (tertiary/aromatic N) is 3. The highest BCUT2D eigenvalue weighted by molar-refractivity contribution is 5.94. The fourth-order valence-electron chi connectivity index (χ4n) is 3.43. The first-order valence-corrected chi connectivity index (χ1v) is 9.96. The fourth-order valence-corrected chi connectivity index (χ4v) is 3.43. The number of hydrogen-bond acceptors (Lipinski definition) is 5. The number of aryl methyl sites for hydroxylation is 1. The minimum absolute atomic E-state index is 0.147. The van der Waals surface area contributed by atoms with Gasteiger partial charge in [-0.05, 0) is 24.1 Å². The molecule has 2 aromatic carbocycles. The number of anilines is 1. The van der Waals surface area contributed by atoms with E-state index in [2.05, 4.69) is 27.7 Å². The van der Waals surface area contributed by atoms with Crippen LogP contribution in [0.4, 0.5) is 10.5 Å².